The third-order valence-corrected chi connectivity index (χ3v) is 3.68. The standard InChI is InChI=1S/C18H17NO/c1-12-8-9-15(10-14(12)3)18(20)17(11-19)16-7-5-4-6-13(16)2/h4-10,17H,1-3H3. The van der Waals surface area contributed by atoms with Crippen LogP contribution in [0.1, 0.15) is 38.5 Å². The summed E-state index contributed by atoms with van der Waals surface area (Å²) in [5.74, 6) is -0.872. The lowest BCUT2D eigenvalue weighted by Gasteiger charge is -2.12. The predicted octanol–water partition coefficient (Wildman–Crippen LogP) is 4.10. The molecule has 0 radical (unpaired) electrons. The second-order valence-electron chi connectivity index (χ2n) is 5.08. The van der Waals surface area contributed by atoms with Gasteiger partial charge in [0.05, 0.1) is 6.07 Å². The van der Waals surface area contributed by atoms with Crippen LogP contribution in [0.25, 0.3) is 0 Å². The number of hydrogen-bond donors (Lipinski definition) is 0. The number of carbonyl (C=O) groups excluding carboxylic acids is 1. The average molecular weight is 263 g/mol. The number of ketones is 1. The Morgan fingerprint density at radius 2 is 1.70 bits per heavy atom. The summed E-state index contributed by atoms with van der Waals surface area (Å²) in [6, 6.07) is 15.3. The van der Waals surface area contributed by atoms with Crippen LogP contribution in [0.15, 0.2) is 42.5 Å². The van der Waals surface area contributed by atoms with Gasteiger partial charge in [0.1, 0.15) is 5.92 Å². The van der Waals surface area contributed by atoms with E-state index in [1.165, 1.54) is 0 Å². The Labute approximate surface area is 119 Å². The Hall–Kier alpha value is -2.40. The maximum atomic E-state index is 12.6. The molecule has 0 bridgehead atoms. The summed E-state index contributed by atoms with van der Waals surface area (Å²) in [5, 5.41) is 9.39. The molecule has 0 aliphatic rings. The molecular weight excluding hydrogens is 246 g/mol. The molecule has 0 N–H and O–H groups in total. The highest BCUT2D eigenvalue weighted by Gasteiger charge is 2.23. The molecular formula is C18H17NO. The number of rotatable bonds is 3. The van der Waals surface area contributed by atoms with E-state index in [1.807, 2.05) is 57.2 Å². The maximum Gasteiger partial charge on any atom is 0.184 e. The van der Waals surface area contributed by atoms with Crippen molar-refractivity contribution in [2.75, 3.05) is 0 Å². The summed E-state index contributed by atoms with van der Waals surface area (Å²) >= 11 is 0. The first-order valence-corrected chi connectivity index (χ1v) is 6.61. The summed E-state index contributed by atoms with van der Waals surface area (Å²) in [7, 11) is 0. The lowest BCUT2D eigenvalue weighted by molar-refractivity contribution is 0.0978. The molecule has 1 atom stereocenters. The van der Waals surface area contributed by atoms with Crippen LogP contribution in [0.5, 0.6) is 0 Å². The van der Waals surface area contributed by atoms with Crippen LogP contribution in [0, 0.1) is 32.1 Å². The molecule has 2 aromatic rings. The summed E-state index contributed by atoms with van der Waals surface area (Å²) in [4.78, 5) is 12.6. The molecule has 0 saturated carbocycles. The van der Waals surface area contributed by atoms with Gasteiger partial charge in [0, 0.05) is 5.56 Å². The number of nitrogens with zero attached hydrogens (tertiary/aromatic N) is 1. The summed E-state index contributed by atoms with van der Waals surface area (Å²) in [6.07, 6.45) is 0. The molecule has 2 rings (SSSR count). The van der Waals surface area contributed by atoms with Crippen LogP contribution < -0.4 is 0 Å². The topological polar surface area (TPSA) is 40.9 Å². The fourth-order valence-corrected chi connectivity index (χ4v) is 2.24. The van der Waals surface area contributed by atoms with Gasteiger partial charge in [-0.05, 0) is 49.1 Å². The molecule has 2 aromatic carbocycles. The molecule has 0 fully saturated rings. The Morgan fingerprint density at radius 3 is 2.30 bits per heavy atom. The number of benzene rings is 2. The Kier molecular flexibility index (Phi) is 4.00. The van der Waals surface area contributed by atoms with Crippen molar-refractivity contribution in [3.05, 3.63) is 70.3 Å². The Balaban J connectivity index is 2.42. The van der Waals surface area contributed by atoms with Crippen LogP contribution in [-0.4, -0.2) is 5.78 Å². The third kappa shape index (κ3) is 2.62. The van der Waals surface area contributed by atoms with Gasteiger partial charge in [-0.1, -0.05) is 36.4 Å². The normalized spacial score (nSPS) is 11.7. The fraction of sp³-hybridized carbons (Fsp3) is 0.222. The number of carbonyl (C=O) groups is 1. The maximum absolute atomic E-state index is 12.6. The summed E-state index contributed by atoms with van der Waals surface area (Å²) in [5.41, 5.74) is 4.57. The predicted molar refractivity (Wildman–Crippen MR) is 79.8 cm³/mol. The number of Topliss-reactive ketones (excluding diaryl/α,β-unsaturated/α-hetero) is 1. The van der Waals surface area contributed by atoms with Gasteiger partial charge < -0.3 is 0 Å². The van der Waals surface area contributed by atoms with E-state index in [9.17, 15) is 10.1 Å². The smallest absolute Gasteiger partial charge is 0.184 e. The highest BCUT2D eigenvalue weighted by atomic mass is 16.1. The largest absolute Gasteiger partial charge is 0.292 e. The Bertz CT molecular complexity index is 695. The molecule has 0 spiro atoms. The van der Waals surface area contributed by atoms with E-state index in [1.54, 1.807) is 6.07 Å². The van der Waals surface area contributed by atoms with Crippen LogP contribution in [0.2, 0.25) is 0 Å². The van der Waals surface area contributed by atoms with Gasteiger partial charge in [-0.3, -0.25) is 4.79 Å². The van der Waals surface area contributed by atoms with Crippen molar-refractivity contribution in [3.63, 3.8) is 0 Å². The number of hydrogen-bond acceptors (Lipinski definition) is 2. The van der Waals surface area contributed by atoms with Gasteiger partial charge in [-0.25, -0.2) is 0 Å². The summed E-state index contributed by atoms with van der Waals surface area (Å²) in [6.45, 7) is 5.90. The van der Waals surface area contributed by atoms with Crippen molar-refractivity contribution in [2.45, 2.75) is 26.7 Å². The van der Waals surface area contributed by atoms with Crippen molar-refractivity contribution in [1.29, 1.82) is 5.26 Å². The highest BCUT2D eigenvalue weighted by Crippen LogP contribution is 2.24. The van der Waals surface area contributed by atoms with E-state index in [0.717, 1.165) is 22.3 Å². The van der Waals surface area contributed by atoms with Gasteiger partial charge in [-0.2, -0.15) is 5.26 Å². The summed E-state index contributed by atoms with van der Waals surface area (Å²) < 4.78 is 0. The molecule has 0 aromatic heterocycles. The van der Waals surface area contributed by atoms with E-state index < -0.39 is 5.92 Å². The highest BCUT2D eigenvalue weighted by molar-refractivity contribution is 6.03. The lowest BCUT2D eigenvalue weighted by Crippen LogP contribution is -2.12. The van der Waals surface area contributed by atoms with Crippen molar-refractivity contribution in [2.24, 2.45) is 0 Å². The van der Waals surface area contributed by atoms with Crippen LogP contribution in [0.4, 0.5) is 0 Å². The van der Waals surface area contributed by atoms with Gasteiger partial charge in [0.2, 0.25) is 0 Å². The van der Waals surface area contributed by atoms with E-state index in [0.29, 0.717) is 5.56 Å². The van der Waals surface area contributed by atoms with Crippen molar-refractivity contribution in [1.82, 2.24) is 0 Å². The van der Waals surface area contributed by atoms with Crippen LogP contribution in [-0.2, 0) is 0 Å². The van der Waals surface area contributed by atoms with E-state index in [2.05, 4.69) is 6.07 Å². The van der Waals surface area contributed by atoms with E-state index >= 15 is 0 Å². The zero-order valence-electron chi connectivity index (χ0n) is 12.0. The number of nitriles is 1. The average Bonchev–Trinajstić information content (AvgIpc) is 2.44. The van der Waals surface area contributed by atoms with Crippen molar-refractivity contribution >= 4 is 5.78 Å². The van der Waals surface area contributed by atoms with Gasteiger partial charge in [0.15, 0.2) is 5.78 Å². The van der Waals surface area contributed by atoms with Gasteiger partial charge in [0.25, 0.3) is 0 Å². The molecule has 100 valence electrons. The Morgan fingerprint density at radius 1 is 1.00 bits per heavy atom. The van der Waals surface area contributed by atoms with Crippen LogP contribution >= 0.6 is 0 Å². The first kappa shape index (κ1) is 14.0. The van der Waals surface area contributed by atoms with Crippen molar-refractivity contribution < 1.29 is 4.79 Å². The number of aryl methyl sites for hydroxylation is 3. The second kappa shape index (κ2) is 5.71. The second-order valence-corrected chi connectivity index (χ2v) is 5.08. The molecule has 0 heterocycles. The molecule has 1 unspecified atom stereocenters. The van der Waals surface area contributed by atoms with Gasteiger partial charge >= 0.3 is 0 Å². The quantitative estimate of drug-likeness (QED) is 0.782. The minimum absolute atomic E-state index is 0.134. The fourth-order valence-electron chi connectivity index (χ4n) is 2.24. The van der Waals surface area contributed by atoms with Crippen molar-refractivity contribution in [3.8, 4) is 6.07 Å². The molecule has 2 heteroatoms. The van der Waals surface area contributed by atoms with Crippen LogP contribution in [0.3, 0.4) is 0 Å². The minimum atomic E-state index is -0.738. The molecule has 0 saturated heterocycles. The monoisotopic (exact) mass is 263 g/mol. The minimum Gasteiger partial charge on any atom is -0.292 e. The molecule has 0 aliphatic carbocycles. The SMILES string of the molecule is Cc1ccc(C(=O)C(C#N)c2ccccc2C)cc1C. The van der Waals surface area contributed by atoms with E-state index in [-0.39, 0.29) is 5.78 Å². The zero-order valence-corrected chi connectivity index (χ0v) is 12.0. The lowest BCUT2D eigenvalue weighted by atomic mass is 9.88. The molecule has 20 heavy (non-hydrogen) atoms. The first-order chi connectivity index (χ1) is 9.54. The molecule has 2 nitrogen and oxygen atoms in total. The third-order valence-electron chi connectivity index (χ3n) is 3.68. The first-order valence-electron chi connectivity index (χ1n) is 6.61. The molecule has 0 amide bonds. The van der Waals surface area contributed by atoms with Gasteiger partial charge in [-0.15, -0.1) is 0 Å². The molecule has 0 aliphatic heterocycles. The zero-order chi connectivity index (χ0) is 14.7. The van der Waals surface area contributed by atoms with E-state index in [4.69, 9.17) is 0 Å².